The van der Waals surface area contributed by atoms with Gasteiger partial charge in [0.1, 0.15) is 11.5 Å². The average molecular weight is 487 g/mol. The number of amides is 1. The summed E-state index contributed by atoms with van der Waals surface area (Å²) in [5, 5.41) is 6.99. The highest BCUT2D eigenvalue weighted by Gasteiger charge is 2.22. The fraction of sp³-hybridized carbons (Fsp3) is 0.185. The van der Waals surface area contributed by atoms with Crippen LogP contribution in [0.2, 0.25) is 0 Å². The van der Waals surface area contributed by atoms with E-state index in [0.29, 0.717) is 22.7 Å². The van der Waals surface area contributed by atoms with Crippen LogP contribution in [0, 0.1) is 0 Å². The maximum absolute atomic E-state index is 13.4. The molecule has 9 heteroatoms. The van der Waals surface area contributed by atoms with Crippen LogP contribution in [0.5, 0.6) is 11.5 Å². The van der Waals surface area contributed by atoms with Crippen LogP contribution in [-0.2, 0) is 6.54 Å². The van der Waals surface area contributed by atoms with Gasteiger partial charge in [0.15, 0.2) is 0 Å². The molecule has 9 nitrogen and oxygen atoms in total. The van der Waals surface area contributed by atoms with Crippen LogP contribution >= 0.6 is 0 Å². The van der Waals surface area contributed by atoms with Crippen LogP contribution < -0.4 is 26.0 Å². The molecule has 36 heavy (non-hydrogen) atoms. The van der Waals surface area contributed by atoms with E-state index in [4.69, 9.17) is 9.47 Å². The molecule has 184 valence electrons. The van der Waals surface area contributed by atoms with Crippen LogP contribution in [0.4, 0.5) is 0 Å². The van der Waals surface area contributed by atoms with Gasteiger partial charge in [0.25, 0.3) is 11.5 Å². The molecule has 4 aromatic rings. The third-order valence-corrected chi connectivity index (χ3v) is 5.69. The predicted molar refractivity (Wildman–Crippen MR) is 135 cm³/mol. The number of carbonyl (C=O) groups excluding carboxylic acids is 1. The van der Waals surface area contributed by atoms with Crippen LogP contribution in [0.15, 0.2) is 88.5 Å². The molecule has 0 radical (unpaired) electrons. The maximum atomic E-state index is 13.4. The van der Waals surface area contributed by atoms with Crippen molar-refractivity contribution < 1.29 is 14.3 Å². The van der Waals surface area contributed by atoms with Crippen molar-refractivity contribution in [3.05, 3.63) is 117 Å². The molecule has 1 atom stereocenters. The van der Waals surface area contributed by atoms with Gasteiger partial charge in [-0.1, -0.05) is 48.5 Å². The maximum Gasteiger partial charge on any atom is 0.352 e. The summed E-state index contributed by atoms with van der Waals surface area (Å²) >= 11 is 0. The average Bonchev–Trinajstić information content (AvgIpc) is 2.91. The first-order chi connectivity index (χ1) is 17.4. The lowest BCUT2D eigenvalue weighted by molar-refractivity contribution is 0.0930. The highest BCUT2D eigenvalue weighted by atomic mass is 16.5. The first kappa shape index (κ1) is 24.5. The summed E-state index contributed by atoms with van der Waals surface area (Å²) in [6.07, 6.45) is 0. The lowest BCUT2D eigenvalue weighted by atomic mass is 10.1. The van der Waals surface area contributed by atoms with Crippen LogP contribution in [0.1, 0.15) is 34.6 Å². The molecule has 0 fully saturated rings. The van der Waals surface area contributed by atoms with Gasteiger partial charge >= 0.3 is 5.69 Å². The number of hydrogen-bond acceptors (Lipinski definition) is 6. The molecule has 0 saturated heterocycles. The highest BCUT2D eigenvalue weighted by molar-refractivity contribution is 5.92. The Morgan fingerprint density at radius 1 is 0.917 bits per heavy atom. The second-order valence-electron chi connectivity index (χ2n) is 8.09. The molecule has 0 aliphatic carbocycles. The molecule has 0 aliphatic heterocycles. The van der Waals surface area contributed by atoms with Crippen LogP contribution in [0.25, 0.3) is 5.69 Å². The molecule has 1 aromatic heterocycles. The van der Waals surface area contributed by atoms with Gasteiger partial charge in [-0.25, -0.2) is 4.79 Å². The fourth-order valence-electron chi connectivity index (χ4n) is 3.75. The number of nitrogens with one attached hydrogen (secondary N) is 1. The van der Waals surface area contributed by atoms with Gasteiger partial charge in [-0.15, -0.1) is 0 Å². The number of aromatic nitrogens is 3. The first-order valence-corrected chi connectivity index (χ1v) is 11.3. The third-order valence-electron chi connectivity index (χ3n) is 5.69. The van der Waals surface area contributed by atoms with Gasteiger partial charge in [0, 0.05) is 6.07 Å². The molecule has 4 rings (SSSR count). The van der Waals surface area contributed by atoms with E-state index in [0.717, 1.165) is 14.8 Å². The summed E-state index contributed by atoms with van der Waals surface area (Å²) in [5.41, 5.74) is -0.0138. The largest absolute Gasteiger partial charge is 0.497 e. The number of ether oxygens (including phenoxy) is 2. The van der Waals surface area contributed by atoms with Gasteiger partial charge in [-0.3, -0.25) is 14.2 Å². The smallest absolute Gasteiger partial charge is 0.352 e. The Labute approximate surface area is 207 Å². The van der Waals surface area contributed by atoms with Crippen LogP contribution in [-0.4, -0.2) is 34.5 Å². The van der Waals surface area contributed by atoms with E-state index in [1.807, 2.05) is 30.3 Å². The molecule has 0 aliphatic rings. The van der Waals surface area contributed by atoms with Crippen molar-refractivity contribution in [1.29, 1.82) is 0 Å². The Bertz CT molecular complexity index is 1490. The highest BCUT2D eigenvalue weighted by Crippen LogP contribution is 2.16. The number of benzene rings is 3. The minimum atomic E-state index is -0.792. The Balaban J connectivity index is 1.82. The molecule has 0 bridgehead atoms. The molecule has 1 N–H and O–H groups in total. The second-order valence-corrected chi connectivity index (χ2v) is 8.09. The fourth-order valence-corrected chi connectivity index (χ4v) is 3.75. The van der Waals surface area contributed by atoms with E-state index in [2.05, 4.69) is 10.4 Å². The number of hydrogen-bond donors (Lipinski definition) is 1. The summed E-state index contributed by atoms with van der Waals surface area (Å²) in [4.78, 5) is 40.0. The first-order valence-electron chi connectivity index (χ1n) is 11.3. The Kier molecular flexibility index (Phi) is 7.29. The topological polar surface area (TPSA) is 104 Å². The van der Waals surface area contributed by atoms with Gasteiger partial charge in [0.2, 0.25) is 5.69 Å². The molecule has 0 saturated carbocycles. The van der Waals surface area contributed by atoms with Gasteiger partial charge in [-0.05, 0) is 42.3 Å². The quantitative estimate of drug-likeness (QED) is 0.411. The van der Waals surface area contributed by atoms with E-state index >= 15 is 0 Å². The number of nitrogens with zero attached hydrogens (tertiary/aromatic N) is 3. The van der Waals surface area contributed by atoms with E-state index in [9.17, 15) is 14.4 Å². The van der Waals surface area contributed by atoms with Crippen molar-refractivity contribution in [3.8, 4) is 17.2 Å². The summed E-state index contributed by atoms with van der Waals surface area (Å²) in [5.74, 6) is 0.389. The van der Waals surface area contributed by atoms with E-state index < -0.39 is 22.9 Å². The monoisotopic (exact) mass is 486 g/mol. The number of rotatable bonds is 8. The molecule has 1 amide bonds. The van der Waals surface area contributed by atoms with Gasteiger partial charge in [0.05, 0.1) is 32.5 Å². The zero-order valence-electron chi connectivity index (χ0n) is 20.2. The summed E-state index contributed by atoms with van der Waals surface area (Å²) in [6, 6.07) is 22.6. The Morgan fingerprint density at radius 2 is 1.58 bits per heavy atom. The standard InChI is InChI=1S/C27H26N4O5/c1-18(20-10-5-4-6-11-20)28-25(32)24-26(33)30(17-19-9-7-13-22(15-19)35-2)27(34)31(29-24)21-12-8-14-23(16-21)36-3/h4-16,18H,17H2,1-3H3,(H,28,32)/t18-/m0/s1. The molecular weight excluding hydrogens is 460 g/mol. The Hall–Kier alpha value is -4.66. The minimum Gasteiger partial charge on any atom is -0.497 e. The second kappa shape index (κ2) is 10.7. The number of methoxy groups -OCH3 is 2. The lowest BCUT2D eigenvalue weighted by Crippen LogP contribution is -2.46. The van der Waals surface area contributed by atoms with E-state index in [1.165, 1.54) is 14.2 Å². The molecule has 3 aromatic carbocycles. The van der Waals surface area contributed by atoms with Crippen LogP contribution in [0.3, 0.4) is 0 Å². The number of carbonyl (C=O) groups is 1. The third kappa shape index (κ3) is 5.20. The normalized spacial score (nSPS) is 11.5. The molecule has 0 unspecified atom stereocenters. The van der Waals surface area contributed by atoms with Crippen molar-refractivity contribution in [1.82, 2.24) is 19.7 Å². The van der Waals surface area contributed by atoms with Gasteiger partial charge in [-0.2, -0.15) is 9.78 Å². The SMILES string of the molecule is COc1cccc(Cn2c(=O)c(C(=O)N[C@@H](C)c3ccccc3)nn(-c3cccc(OC)c3)c2=O)c1. The van der Waals surface area contributed by atoms with Crippen molar-refractivity contribution in [3.63, 3.8) is 0 Å². The Morgan fingerprint density at radius 3 is 2.28 bits per heavy atom. The van der Waals surface area contributed by atoms with E-state index in [1.54, 1.807) is 55.5 Å². The van der Waals surface area contributed by atoms with E-state index in [-0.39, 0.29) is 12.6 Å². The molecular formula is C27H26N4O5. The van der Waals surface area contributed by atoms with Crippen molar-refractivity contribution >= 4 is 5.91 Å². The van der Waals surface area contributed by atoms with Crippen molar-refractivity contribution in [2.75, 3.05) is 14.2 Å². The van der Waals surface area contributed by atoms with Crippen molar-refractivity contribution in [2.24, 2.45) is 0 Å². The van der Waals surface area contributed by atoms with Gasteiger partial charge < -0.3 is 14.8 Å². The predicted octanol–water partition coefficient (Wildman–Crippen LogP) is 2.95. The zero-order chi connectivity index (χ0) is 25.7. The van der Waals surface area contributed by atoms with Crippen molar-refractivity contribution in [2.45, 2.75) is 19.5 Å². The summed E-state index contributed by atoms with van der Waals surface area (Å²) < 4.78 is 12.5. The minimum absolute atomic E-state index is 0.0735. The molecule has 1 heterocycles. The summed E-state index contributed by atoms with van der Waals surface area (Å²) in [7, 11) is 3.03. The zero-order valence-corrected chi connectivity index (χ0v) is 20.2. The molecule has 0 spiro atoms. The lowest BCUT2D eigenvalue weighted by Gasteiger charge is -2.16. The summed E-state index contributed by atoms with van der Waals surface area (Å²) in [6.45, 7) is 1.73.